The highest BCUT2D eigenvalue weighted by atomic mass is 32.2. The molecule has 7 heteroatoms. The number of nitrogens with zero attached hydrogens (tertiary/aromatic N) is 2. The van der Waals surface area contributed by atoms with Crippen molar-refractivity contribution in [1.82, 2.24) is 10.2 Å². The second-order valence-electron chi connectivity index (χ2n) is 7.20. The molecule has 5 nitrogen and oxygen atoms in total. The van der Waals surface area contributed by atoms with E-state index in [-0.39, 0.29) is 22.1 Å². The zero-order valence-corrected chi connectivity index (χ0v) is 16.1. The van der Waals surface area contributed by atoms with E-state index in [1.165, 1.54) is 0 Å². The number of hydrogen-bond donors (Lipinski definition) is 1. The molecule has 0 unspecified atom stereocenters. The summed E-state index contributed by atoms with van der Waals surface area (Å²) < 4.78 is 22.9. The molecule has 1 aliphatic rings. The molecule has 134 valence electrons. The van der Waals surface area contributed by atoms with Gasteiger partial charge < -0.3 is 0 Å². The minimum absolute atomic E-state index is 0.0522. The van der Waals surface area contributed by atoms with Gasteiger partial charge in [-0.25, -0.2) is 13.6 Å². The van der Waals surface area contributed by atoms with Gasteiger partial charge in [-0.3, -0.25) is 0 Å². The molecule has 0 aliphatic heterocycles. The van der Waals surface area contributed by atoms with E-state index in [1.807, 2.05) is 42.5 Å². The summed E-state index contributed by atoms with van der Waals surface area (Å²) in [7, 11) is -3.67. The molecule has 3 aromatic rings. The molecule has 0 spiro atoms. The number of rotatable bonds is 4. The molecule has 1 aromatic heterocycles. The number of aromatic nitrogens is 2. The molecule has 2 N–H and O–H groups in total. The molecule has 0 amide bonds. The van der Waals surface area contributed by atoms with E-state index in [2.05, 4.69) is 24.0 Å². The predicted octanol–water partition coefficient (Wildman–Crippen LogP) is 3.76. The van der Waals surface area contributed by atoms with Crippen LogP contribution in [0, 0.1) is 5.41 Å². The lowest BCUT2D eigenvalue weighted by Crippen LogP contribution is -2.11. The quantitative estimate of drug-likeness (QED) is 0.741. The van der Waals surface area contributed by atoms with Gasteiger partial charge in [0.05, 0.1) is 4.90 Å². The third-order valence-corrected chi connectivity index (χ3v) is 7.11. The van der Waals surface area contributed by atoms with Crippen molar-refractivity contribution in [1.29, 1.82) is 0 Å². The molecule has 0 saturated heterocycles. The maximum atomic E-state index is 11.4. The minimum atomic E-state index is -3.67. The first-order chi connectivity index (χ1) is 12.3. The van der Waals surface area contributed by atoms with Crippen molar-refractivity contribution in [3.8, 4) is 10.6 Å². The van der Waals surface area contributed by atoms with Crippen LogP contribution in [0.1, 0.15) is 36.3 Å². The highest BCUT2D eigenvalue weighted by molar-refractivity contribution is 7.89. The molecular weight excluding hydrogens is 366 g/mol. The van der Waals surface area contributed by atoms with Crippen molar-refractivity contribution in [2.45, 2.75) is 30.6 Å². The van der Waals surface area contributed by atoms with Crippen LogP contribution in [0.3, 0.4) is 0 Å². The van der Waals surface area contributed by atoms with E-state index >= 15 is 0 Å². The van der Waals surface area contributed by atoms with Crippen LogP contribution in [0.15, 0.2) is 59.5 Å². The second kappa shape index (κ2) is 5.97. The van der Waals surface area contributed by atoms with E-state index in [1.54, 1.807) is 23.5 Å². The summed E-state index contributed by atoms with van der Waals surface area (Å²) in [6, 6.07) is 16.9. The molecule has 1 saturated carbocycles. The number of sulfonamides is 1. The zero-order chi connectivity index (χ0) is 18.5. The lowest BCUT2D eigenvalue weighted by atomic mass is 10.0. The van der Waals surface area contributed by atoms with Gasteiger partial charge in [0.25, 0.3) is 0 Å². The van der Waals surface area contributed by atoms with Crippen LogP contribution in [0.5, 0.6) is 0 Å². The van der Waals surface area contributed by atoms with Crippen LogP contribution in [0.25, 0.3) is 10.6 Å². The molecule has 26 heavy (non-hydrogen) atoms. The second-order valence-corrected chi connectivity index (χ2v) is 9.77. The maximum absolute atomic E-state index is 11.4. The fourth-order valence-corrected chi connectivity index (χ4v) is 5.34. The lowest BCUT2D eigenvalue weighted by Gasteiger charge is -2.04. The van der Waals surface area contributed by atoms with Crippen LogP contribution >= 0.6 is 11.3 Å². The number of primary sulfonamides is 1. The Bertz CT molecular complexity index is 1040. The van der Waals surface area contributed by atoms with Crippen molar-refractivity contribution >= 4 is 21.4 Å². The fourth-order valence-electron chi connectivity index (χ4n) is 3.64. The topological polar surface area (TPSA) is 85.9 Å². The van der Waals surface area contributed by atoms with Gasteiger partial charge in [-0.15, -0.1) is 10.2 Å². The average Bonchev–Trinajstić information content (AvgIpc) is 2.95. The van der Waals surface area contributed by atoms with Crippen LogP contribution in [0.2, 0.25) is 0 Å². The van der Waals surface area contributed by atoms with E-state index in [0.29, 0.717) is 0 Å². The van der Waals surface area contributed by atoms with Gasteiger partial charge in [-0.2, -0.15) is 0 Å². The van der Waals surface area contributed by atoms with Crippen molar-refractivity contribution in [2.75, 3.05) is 0 Å². The third-order valence-electron chi connectivity index (χ3n) is 5.12. The van der Waals surface area contributed by atoms with Gasteiger partial charge in [0, 0.05) is 11.5 Å². The third kappa shape index (κ3) is 2.96. The van der Waals surface area contributed by atoms with Crippen molar-refractivity contribution < 1.29 is 8.42 Å². The highest BCUT2D eigenvalue weighted by Gasteiger charge is 2.60. The Hall–Kier alpha value is -2.09. The van der Waals surface area contributed by atoms with Crippen molar-refractivity contribution in [3.05, 3.63) is 65.2 Å². The fraction of sp³-hybridized carbons (Fsp3) is 0.263. The van der Waals surface area contributed by atoms with E-state index in [0.717, 1.165) is 21.1 Å². The molecule has 2 aromatic carbocycles. The van der Waals surface area contributed by atoms with Gasteiger partial charge in [0.1, 0.15) is 10.0 Å². The van der Waals surface area contributed by atoms with Crippen LogP contribution < -0.4 is 5.14 Å². The van der Waals surface area contributed by atoms with Gasteiger partial charge in [0.2, 0.25) is 10.0 Å². The predicted molar refractivity (Wildman–Crippen MR) is 102 cm³/mol. The molecule has 4 rings (SSSR count). The van der Waals surface area contributed by atoms with Crippen molar-refractivity contribution in [2.24, 2.45) is 10.6 Å². The summed E-state index contributed by atoms with van der Waals surface area (Å²) in [5.41, 5.74) is 2.23. The SMILES string of the molecule is CC1(C)[C@@H](c2ccc(S(N)(=O)=O)cc2)[C@@H]1c1nnc(-c2ccccc2)s1. The zero-order valence-electron chi connectivity index (χ0n) is 14.5. The number of benzene rings is 2. The Labute approximate surface area is 157 Å². The summed E-state index contributed by atoms with van der Waals surface area (Å²) >= 11 is 1.63. The Morgan fingerprint density at radius 3 is 2.23 bits per heavy atom. The maximum Gasteiger partial charge on any atom is 0.238 e. The smallest absolute Gasteiger partial charge is 0.225 e. The summed E-state index contributed by atoms with van der Waals surface area (Å²) in [5.74, 6) is 0.561. The van der Waals surface area contributed by atoms with E-state index in [9.17, 15) is 8.42 Å². The normalized spacial score (nSPS) is 21.5. The van der Waals surface area contributed by atoms with Crippen LogP contribution in [0.4, 0.5) is 0 Å². The number of nitrogens with two attached hydrogens (primary N) is 1. The molecule has 1 heterocycles. The van der Waals surface area contributed by atoms with Gasteiger partial charge in [0.15, 0.2) is 0 Å². The van der Waals surface area contributed by atoms with Gasteiger partial charge >= 0.3 is 0 Å². The largest absolute Gasteiger partial charge is 0.238 e. The lowest BCUT2D eigenvalue weighted by molar-refractivity contribution is 0.597. The Balaban J connectivity index is 1.62. The Morgan fingerprint density at radius 1 is 0.962 bits per heavy atom. The average molecular weight is 386 g/mol. The summed E-state index contributed by atoms with van der Waals surface area (Å²) in [5, 5.41) is 15.9. The minimum Gasteiger partial charge on any atom is -0.225 e. The first kappa shape index (κ1) is 17.3. The van der Waals surface area contributed by atoms with Gasteiger partial charge in [-0.05, 0) is 29.0 Å². The van der Waals surface area contributed by atoms with Gasteiger partial charge in [-0.1, -0.05) is 67.6 Å². The molecule has 2 atom stereocenters. The van der Waals surface area contributed by atoms with E-state index < -0.39 is 10.0 Å². The molecular formula is C19H19N3O2S2. The van der Waals surface area contributed by atoms with E-state index in [4.69, 9.17) is 5.14 Å². The Morgan fingerprint density at radius 2 is 1.62 bits per heavy atom. The Kier molecular flexibility index (Phi) is 3.98. The van der Waals surface area contributed by atoms with Crippen molar-refractivity contribution in [3.63, 3.8) is 0 Å². The monoisotopic (exact) mass is 385 g/mol. The summed E-state index contributed by atoms with van der Waals surface area (Å²) in [6.07, 6.45) is 0. The van der Waals surface area contributed by atoms with Crippen LogP contribution in [-0.2, 0) is 10.0 Å². The first-order valence-corrected chi connectivity index (χ1v) is 10.7. The summed E-state index contributed by atoms with van der Waals surface area (Å²) in [6.45, 7) is 4.42. The summed E-state index contributed by atoms with van der Waals surface area (Å²) in [4.78, 5) is 0.138. The number of hydrogen-bond acceptors (Lipinski definition) is 5. The molecule has 0 bridgehead atoms. The highest BCUT2D eigenvalue weighted by Crippen LogP contribution is 2.70. The standard InChI is InChI=1S/C19H19N3O2S2/c1-19(2)15(12-8-10-14(11-9-12)26(20,23)24)16(19)18-22-21-17(25-18)13-6-4-3-5-7-13/h3-11,15-16H,1-2H3,(H2,20,23,24)/t15-,16+/m0/s1. The first-order valence-electron chi connectivity index (χ1n) is 8.30. The van der Waals surface area contributed by atoms with Crippen LogP contribution in [-0.4, -0.2) is 18.6 Å². The molecule has 1 fully saturated rings. The molecule has 1 aliphatic carbocycles. The molecule has 0 radical (unpaired) electrons.